The summed E-state index contributed by atoms with van der Waals surface area (Å²) in [5.74, 6) is 0. The van der Waals surface area contributed by atoms with Gasteiger partial charge in [-0.15, -0.1) is 0 Å². The number of carbonyl (C=O) groups excluding carboxylic acids is 1. The van der Waals surface area contributed by atoms with Gasteiger partial charge in [0.05, 0.1) is 0 Å². The molecule has 0 aliphatic rings. The Hall–Kier alpha value is -1.88. The summed E-state index contributed by atoms with van der Waals surface area (Å²) in [5, 5.41) is 2.75. The molecular formula is C16H17BrN2O2. The molecule has 5 heteroatoms. The Balaban J connectivity index is 1.61. The van der Waals surface area contributed by atoms with E-state index in [1.165, 1.54) is 5.56 Å². The third-order valence-electron chi connectivity index (χ3n) is 2.92. The number of nitrogens with one attached hydrogen (secondary N) is 1. The number of halogens is 1. The van der Waals surface area contributed by atoms with Gasteiger partial charge < -0.3 is 10.1 Å². The van der Waals surface area contributed by atoms with E-state index in [1.807, 2.05) is 42.5 Å². The highest BCUT2D eigenvalue weighted by atomic mass is 79.9. The van der Waals surface area contributed by atoms with E-state index in [2.05, 4.69) is 26.2 Å². The second-order valence-corrected chi connectivity index (χ2v) is 5.39. The van der Waals surface area contributed by atoms with E-state index in [4.69, 9.17) is 4.74 Å². The molecule has 0 bridgehead atoms. The number of carbonyl (C=O) groups is 1. The van der Waals surface area contributed by atoms with Crippen molar-refractivity contribution >= 4 is 22.0 Å². The normalized spacial score (nSPS) is 10.1. The summed E-state index contributed by atoms with van der Waals surface area (Å²) in [4.78, 5) is 15.6. The minimum atomic E-state index is -0.380. The second kappa shape index (κ2) is 8.42. The number of benzene rings is 1. The topological polar surface area (TPSA) is 51.2 Å². The molecule has 0 saturated heterocycles. The van der Waals surface area contributed by atoms with Crippen LogP contribution in [0.25, 0.3) is 0 Å². The van der Waals surface area contributed by atoms with Gasteiger partial charge in [-0.25, -0.2) is 9.78 Å². The van der Waals surface area contributed by atoms with Crippen molar-refractivity contribution in [3.05, 3.63) is 64.4 Å². The first-order valence-electron chi connectivity index (χ1n) is 6.79. The van der Waals surface area contributed by atoms with E-state index in [1.54, 1.807) is 6.20 Å². The molecule has 2 rings (SSSR count). The van der Waals surface area contributed by atoms with Crippen molar-refractivity contribution in [1.29, 1.82) is 0 Å². The summed E-state index contributed by atoms with van der Waals surface area (Å²) in [5.41, 5.74) is 2.17. The summed E-state index contributed by atoms with van der Waals surface area (Å²) in [6.07, 6.45) is 3.13. The van der Waals surface area contributed by atoms with Gasteiger partial charge in [-0.3, -0.25) is 0 Å². The number of rotatable bonds is 6. The maximum atomic E-state index is 11.5. The molecule has 1 amide bonds. The molecule has 0 saturated carbocycles. The third-order valence-corrected chi connectivity index (χ3v) is 3.35. The van der Waals surface area contributed by atoms with E-state index >= 15 is 0 Å². The van der Waals surface area contributed by atoms with Gasteiger partial charge in [0, 0.05) is 12.7 Å². The average Bonchev–Trinajstić information content (AvgIpc) is 2.51. The van der Waals surface area contributed by atoms with E-state index in [0.29, 0.717) is 13.2 Å². The molecule has 1 heterocycles. The third kappa shape index (κ3) is 5.95. The van der Waals surface area contributed by atoms with Crippen LogP contribution in [0.1, 0.15) is 17.5 Å². The Morgan fingerprint density at radius 2 is 2.00 bits per heavy atom. The lowest BCUT2D eigenvalue weighted by Gasteiger charge is -2.07. The Morgan fingerprint density at radius 3 is 2.76 bits per heavy atom. The minimum Gasteiger partial charge on any atom is -0.445 e. The zero-order valence-electron chi connectivity index (χ0n) is 11.6. The van der Waals surface area contributed by atoms with Gasteiger partial charge in [-0.05, 0) is 52.0 Å². The quantitative estimate of drug-likeness (QED) is 0.639. The second-order valence-electron chi connectivity index (χ2n) is 4.58. The molecule has 0 fully saturated rings. The van der Waals surface area contributed by atoms with Crippen molar-refractivity contribution in [3.8, 4) is 0 Å². The molecule has 21 heavy (non-hydrogen) atoms. The molecule has 0 atom stereocenters. The predicted molar refractivity (Wildman–Crippen MR) is 84.9 cm³/mol. The molecule has 0 radical (unpaired) electrons. The first kappa shape index (κ1) is 15.5. The molecule has 0 unspecified atom stereocenters. The van der Waals surface area contributed by atoms with Crippen LogP contribution in [0.2, 0.25) is 0 Å². The Labute approximate surface area is 132 Å². The number of amides is 1. The van der Waals surface area contributed by atoms with Gasteiger partial charge in [0.2, 0.25) is 0 Å². The monoisotopic (exact) mass is 348 g/mol. The maximum absolute atomic E-state index is 11.5. The van der Waals surface area contributed by atoms with Crippen LogP contribution in [0.3, 0.4) is 0 Å². The van der Waals surface area contributed by atoms with E-state index in [-0.39, 0.29) is 6.09 Å². The number of alkyl carbamates (subject to hydrolysis) is 1. The zero-order chi connectivity index (χ0) is 14.9. The summed E-state index contributed by atoms with van der Waals surface area (Å²) in [6.45, 7) is 0.886. The highest BCUT2D eigenvalue weighted by Crippen LogP contribution is 2.09. The summed E-state index contributed by atoms with van der Waals surface area (Å²) < 4.78 is 5.96. The highest BCUT2D eigenvalue weighted by Gasteiger charge is 2.02. The van der Waals surface area contributed by atoms with Crippen molar-refractivity contribution in [2.45, 2.75) is 19.4 Å². The summed E-state index contributed by atoms with van der Waals surface area (Å²) in [7, 11) is 0. The summed E-state index contributed by atoms with van der Waals surface area (Å²) >= 11 is 3.34. The van der Waals surface area contributed by atoms with Crippen LogP contribution in [-0.2, 0) is 17.8 Å². The molecule has 1 aromatic carbocycles. The molecule has 110 valence electrons. The highest BCUT2D eigenvalue weighted by molar-refractivity contribution is 9.10. The number of aromatic nitrogens is 1. The molecule has 2 aromatic rings. The van der Waals surface area contributed by atoms with Crippen LogP contribution in [0.5, 0.6) is 0 Å². The van der Waals surface area contributed by atoms with Gasteiger partial charge >= 0.3 is 6.09 Å². The Morgan fingerprint density at radius 1 is 1.19 bits per heavy atom. The predicted octanol–water partition coefficient (Wildman–Crippen LogP) is 3.70. The smallest absolute Gasteiger partial charge is 0.407 e. The van der Waals surface area contributed by atoms with Crippen LogP contribution < -0.4 is 5.32 Å². The van der Waals surface area contributed by atoms with Crippen LogP contribution in [0.4, 0.5) is 4.79 Å². The number of ether oxygens (including phenoxy) is 1. The fourth-order valence-electron chi connectivity index (χ4n) is 1.86. The van der Waals surface area contributed by atoms with E-state index in [9.17, 15) is 4.79 Å². The Kier molecular flexibility index (Phi) is 6.22. The lowest BCUT2D eigenvalue weighted by atomic mass is 10.1. The molecule has 0 aliphatic heterocycles. The maximum Gasteiger partial charge on any atom is 0.407 e. The van der Waals surface area contributed by atoms with Crippen LogP contribution in [0.15, 0.2) is 53.3 Å². The van der Waals surface area contributed by atoms with Crippen molar-refractivity contribution in [2.24, 2.45) is 0 Å². The van der Waals surface area contributed by atoms with E-state index in [0.717, 1.165) is 23.0 Å². The van der Waals surface area contributed by atoms with Crippen molar-refractivity contribution in [3.63, 3.8) is 0 Å². The molecule has 0 spiro atoms. The molecule has 1 N–H and O–H groups in total. The minimum absolute atomic E-state index is 0.296. The fraction of sp³-hybridized carbons (Fsp3) is 0.250. The molecular weight excluding hydrogens is 332 g/mol. The number of hydrogen-bond acceptors (Lipinski definition) is 3. The molecule has 0 aliphatic carbocycles. The fourth-order valence-corrected chi connectivity index (χ4v) is 2.27. The van der Waals surface area contributed by atoms with Gasteiger partial charge in [-0.2, -0.15) is 0 Å². The lowest BCUT2D eigenvalue weighted by Crippen LogP contribution is -2.25. The number of pyridine rings is 1. The van der Waals surface area contributed by atoms with Gasteiger partial charge in [-0.1, -0.05) is 30.3 Å². The zero-order valence-corrected chi connectivity index (χ0v) is 13.2. The number of nitrogens with zero attached hydrogens (tertiary/aromatic N) is 1. The number of hydrogen-bond donors (Lipinski definition) is 1. The lowest BCUT2D eigenvalue weighted by molar-refractivity contribution is 0.139. The molecule has 1 aromatic heterocycles. The Bertz CT molecular complexity index is 575. The van der Waals surface area contributed by atoms with Gasteiger partial charge in [0.1, 0.15) is 11.2 Å². The number of aryl methyl sites for hydroxylation is 1. The van der Waals surface area contributed by atoms with Crippen LogP contribution >= 0.6 is 15.9 Å². The first-order valence-corrected chi connectivity index (χ1v) is 7.58. The SMILES string of the molecule is O=C(NCCCc1ccnc(Br)c1)OCc1ccccc1. The first-order chi connectivity index (χ1) is 10.2. The summed E-state index contributed by atoms with van der Waals surface area (Å²) in [6, 6.07) is 13.6. The molecule has 4 nitrogen and oxygen atoms in total. The van der Waals surface area contributed by atoms with Crippen molar-refractivity contribution < 1.29 is 9.53 Å². The standard InChI is InChI=1S/C16H17BrN2O2/c17-15-11-13(8-10-18-15)7-4-9-19-16(20)21-12-14-5-2-1-3-6-14/h1-3,5-6,8,10-11H,4,7,9,12H2,(H,19,20). The van der Waals surface area contributed by atoms with Gasteiger partial charge in [0.25, 0.3) is 0 Å². The van der Waals surface area contributed by atoms with Crippen LogP contribution in [-0.4, -0.2) is 17.6 Å². The van der Waals surface area contributed by atoms with Crippen molar-refractivity contribution in [2.75, 3.05) is 6.54 Å². The largest absolute Gasteiger partial charge is 0.445 e. The van der Waals surface area contributed by atoms with E-state index < -0.39 is 0 Å². The van der Waals surface area contributed by atoms with Crippen LogP contribution in [0, 0.1) is 0 Å². The van der Waals surface area contributed by atoms with Gasteiger partial charge in [0.15, 0.2) is 0 Å². The average molecular weight is 349 g/mol. The van der Waals surface area contributed by atoms with Crippen molar-refractivity contribution in [1.82, 2.24) is 10.3 Å².